The predicted octanol–water partition coefficient (Wildman–Crippen LogP) is 8.95. The van der Waals surface area contributed by atoms with Crippen molar-refractivity contribution in [2.45, 2.75) is 34.0 Å². The molecule has 0 aliphatic carbocycles. The smallest absolute Gasteiger partial charge is 0.395 e. The van der Waals surface area contributed by atoms with Gasteiger partial charge in [0.2, 0.25) is 20.8 Å². The molecule has 0 saturated heterocycles. The molecule has 0 spiro atoms. The van der Waals surface area contributed by atoms with Gasteiger partial charge in [0.25, 0.3) is 0 Å². The third-order valence-corrected chi connectivity index (χ3v) is 11.9. The molecule has 0 saturated carbocycles. The van der Waals surface area contributed by atoms with Gasteiger partial charge < -0.3 is 41.7 Å². The summed E-state index contributed by atoms with van der Waals surface area (Å²) < 4.78 is 139. The minimum Gasteiger partial charge on any atom is -0.395 e. The average Bonchev–Trinajstić information content (AvgIpc) is 3.44. The maximum atomic E-state index is 12.8. The molecule has 0 fully saturated rings. The summed E-state index contributed by atoms with van der Waals surface area (Å²) in [6, 6.07) is 21.7. The standard InChI is InChI=1S/C14H11F3N4O.C14H14F3N3O3S.C14H14F3N3OS.C7H10ClN3OS/c15-14(16,17)10-3-1-2-9(6-10)11-7-12(19-4-5-22)21-13(8-18)20-11;1-24(22,23)13-19-11(8-12(20-13)18-5-6-21)9-3-2-4-10(7-9)14(15,16)17;1-22-13-19-11(8-12(20-13)18-5-6-21)9-3-2-4-10(7-9)14(15,16)17;1-13-7-10-5(8)4-6(11-7)9-2-3-12/h1-3,6-7,22H,4-5H2,(H,19,20,21);2-4,7-8,21H,5-6H2,1H3,(H,18,19,20);2-4,7-8,21H,5-6H2,1H3,(H,18,19,20);4,12H,2-3H2,1H3,(H,9,10,11). The minimum absolute atomic E-state index is 0.0250. The Kier molecular flexibility index (Phi) is 25.5. The summed E-state index contributed by atoms with van der Waals surface area (Å²) >= 11 is 8.45. The Bertz CT molecular complexity index is 3330. The van der Waals surface area contributed by atoms with E-state index in [9.17, 15) is 47.9 Å². The molecule has 19 nitrogen and oxygen atoms in total. The van der Waals surface area contributed by atoms with Crippen molar-refractivity contribution >= 4 is 68.2 Å². The molecule has 4 aromatic heterocycles. The molecular weight excluding hydrogens is 1170 g/mol. The topological polar surface area (TPSA) is 290 Å². The highest BCUT2D eigenvalue weighted by molar-refractivity contribution is 7.98. The lowest BCUT2D eigenvalue weighted by atomic mass is 10.1. The number of nitrogens with one attached hydrogen (secondary N) is 4. The van der Waals surface area contributed by atoms with Gasteiger partial charge >= 0.3 is 18.5 Å². The predicted molar refractivity (Wildman–Crippen MR) is 288 cm³/mol. The van der Waals surface area contributed by atoms with Crippen molar-refractivity contribution in [3.8, 4) is 39.8 Å². The van der Waals surface area contributed by atoms with Gasteiger partial charge in [-0.3, -0.25) is 0 Å². The summed E-state index contributed by atoms with van der Waals surface area (Å²) in [5.74, 6) is 1.27. The fraction of sp³-hybridized carbons (Fsp3) is 0.286. The number of rotatable bonds is 18. The van der Waals surface area contributed by atoms with E-state index in [0.717, 1.165) is 42.7 Å². The molecule has 434 valence electrons. The van der Waals surface area contributed by atoms with Crippen LogP contribution in [0.5, 0.6) is 0 Å². The maximum Gasteiger partial charge on any atom is 0.416 e. The zero-order valence-corrected chi connectivity index (χ0v) is 45.7. The van der Waals surface area contributed by atoms with Crippen LogP contribution in [0.15, 0.2) is 113 Å². The third kappa shape index (κ3) is 22.0. The van der Waals surface area contributed by atoms with Gasteiger partial charge in [0.1, 0.15) is 34.5 Å². The van der Waals surface area contributed by atoms with Crippen LogP contribution in [0.4, 0.5) is 62.8 Å². The number of nitriles is 1. The number of nitrogens with zero attached hydrogens (tertiary/aromatic N) is 9. The van der Waals surface area contributed by atoms with Gasteiger partial charge in [-0.05, 0) is 48.9 Å². The van der Waals surface area contributed by atoms with Crippen LogP contribution in [-0.4, -0.2) is 140 Å². The lowest BCUT2D eigenvalue weighted by Crippen LogP contribution is -2.11. The van der Waals surface area contributed by atoms with E-state index in [1.54, 1.807) is 30.5 Å². The van der Waals surface area contributed by atoms with E-state index in [2.05, 4.69) is 61.1 Å². The van der Waals surface area contributed by atoms with E-state index < -0.39 is 50.2 Å². The fourth-order valence-electron chi connectivity index (χ4n) is 6.20. The Morgan fingerprint density at radius 2 is 0.852 bits per heavy atom. The van der Waals surface area contributed by atoms with Gasteiger partial charge in [0, 0.05) is 73.4 Å². The second-order valence-electron chi connectivity index (χ2n) is 15.8. The second-order valence-corrected chi connectivity index (χ2v) is 19.6. The van der Waals surface area contributed by atoms with Crippen LogP contribution in [-0.2, 0) is 28.4 Å². The second kappa shape index (κ2) is 31.1. The first-order valence-electron chi connectivity index (χ1n) is 23.1. The molecule has 0 aliphatic rings. The molecule has 0 amide bonds. The molecular formula is C49H49ClF9N13O6S3. The minimum atomic E-state index is -4.53. The molecule has 0 radical (unpaired) electrons. The number of alkyl halides is 9. The summed E-state index contributed by atoms with van der Waals surface area (Å²) in [4.78, 5) is 32.0. The van der Waals surface area contributed by atoms with Crippen LogP contribution in [0.25, 0.3) is 33.8 Å². The van der Waals surface area contributed by atoms with Crippen LogP contribution >= 0.6 is 35.1 Å². The van der Waals surface area contributed by atoms with Crippen LogP contribution < -0.4 is 21.3 Å². The maximum absolute atomic E-state index is 12.8. The van der Waals surface area contributed by atoms with Crippen molar-refractivity contribution in [2.75, 3.05) is 92.6 Å². The van der Waals surface area contributed by atoms with Gasteiger partial charge in [0.05, 0.1) is 60.2 Å². The van der Waals surface area contributed by atoms with Gasteiger partial charge in [0.15, 0.2) is 10.3 Å². The lowest BCUT2D eigenvalue weighted by molar-refractivity contribution is -0.138. The number of sulfone groups is 1. The molecule has 0 bridgehead atoms. The van der Waals surface area contributed by atoms with Crippen LogP contribution in [0.2, 0.25) is 5.15 Å². The lowest BCUT2D eigenvalue weighted by Gasteiger charge is -2.11. The molecule has 32 heteroatoms. The Balaban J connectivity index is 0.000000237. The molecule has 7 aromatic rings. The molecule has 3 aromatic carbocycles. The van der Waals surface area contributed by atoms with Crippen LogP contribution in [0.1, 0.15) is 22.5 Å². The van der Waals surface area contributed by atoms with Crippen molar-refractivity contribution in [1.82, 2.24) is 39.9 Å². The van der Waals surface area contributed by atoms with Gasteiger partial charge in [-0.25, -0.2) is 48.3 Å². The quantitative estimate of drug-likeness (QED) is 0.0172. The summed E-state index contributed by atoms with van der Waals surface area (Å²) in [5.41, 5.74) is -1.10. The first-order chi connectivity index (χ1) is 38.2. The molecule has 0 unspecified atom stereocenters. The van der Waals surface area contributed by atoms with Gasteiger partial charge in [-0.15, -0.1) is 0 Å². The zero-order chi connectivity index (χ0) is 60.0. The SMILES string of the molecule is CS(=O)(=O)c1nc(NCCO)cc(-c2cccc(C(F)(F)F)c2)n1.CSc1nc(Cl)cc(NCCO)n1.CSc1nc(NCCO)cc(-c2cccc(C(F)(F)F)c2)n1.N#Cc1nc(NCCO)cc(-c2cccc(C(F)(F)F)c2)n1. The summed E-state index contributed by atoms with van der Waals surface area (Å²) in [6.45, 7) is 0.676. The summed E-state index contributed by atoms with van der Waals surface area (Å²) in [6.07, 6.45) is -8.83. The number of anilines is 4. The molecule has 7 rings (SSSR count). The molecule has 81 heavy (non-hydrogen) atoms. The van der Waals surface area contributed by atoms with Crippen molar-refractivity contribution in [3.63, 3.8) is 0 Å². The number of aliphatic hydroxyl groups excluding tert-OH is 4. The highest BCUT2D eigenvalue weighted by Crippen LogP contribution is 2.35. The van der Waals surface area contributed by atoms with Crippen LogP contribution in [0, 0.1) is 11.3 Å². The Hall–Kier alpha value is -7.18. The summed E-state index contributed by atoms with van der Waals surface area (Å²) in [5, 5.41) is 56.1. The van der Waals surface area contributed by atoms with E-state index in [0.29, 0.717) is 51.4 Å². The normalized spacial score (nSPS) is 11.4. The first-order valence-corrected chi connectivity index (χ1v) is 27.8. The highest BCUT2D eigenvalue weighted by atomic mass is 35.5. The van der Waals surface area contributed by atoms with E-state index in [-0.39, 0.29) is 79.5 Å². The Morgan fingerprint density at radius 1 is 0.506 bits per heavy atom. The Labute approximate surface area is 470 Å². The number of hydrogen-bond acceptors (Lipinski definition) is 21. The van der Waals surface area contributed by atoms with Crippen molar-refractivity contribution in [3.05, 3.63) is 125 Å². The largest absolute Gasteiger partial charge is 0.416 e. The number of aromatic nitrogens is 8. The summed E-state index contributed by atoms with van der Waals surface area (Å²) in [7, 11) is -3.77. The van der Waals surface area contributed by atoms with Crippen molar-refractivity contribution in [2.24, 2.45) is 0 Å². The third-order valence-electron chi connectivity index (χ3n) is 9.74. The first kappa shape index (κ1) is 66.3. The number of aliphatic hydroxyl groups is 4. The van der Waals surface area contributed by atoms with Gasteiger partial charge in [-0.2, -0.15) is 44.8 Å². The van der Waals surface area contributed by atoms with Crippen molar-refractivity contribution in [1.29, 1.82) is 5.26 Å². The molecule has 0 aliphatic heterocycles. The van der Waals surface area contributed by atoms with E-state index in [1.165, 1.54) is 66.0 Å². The number of hydrogen-bond donors (Lipinski definition) is 8. The highest BCUT2D eigenvalue weighted by Gasteiger charge is 2.32. The van der Waals surface area contributed by atoms with E-state index >= 15 is 0 Å². The average molecular weight is 1220 g/mol. The molecule has 0 atom stereocenters. The zero-order valence-electron chi connectivity index (χ0n) is 42.5. The number of benzene rings is 3. The Morgan fingerprint density at radius 3 is 1.21 bits per heavy atom. The monoisotopic (exact) mass is 1220 g/mol. The van der Waals surface area contributed by atoms with E-state index in [4.69, 9.17) is 37.3 Å². The van der Waals surface area contributed by atoms with E-state index in [1.807, 2.05) is 6.26 Å². The molecule has 4 heterocycles. The fourth-order valence-corrected chi connectivity index (χ4v) is 7.72. The van der Waals surface area contributed by atoms with Gasteiger partial charge in [-0.1, -0.05) is 71.5 Å². The van der Waals surface area contributed by atoms with Crippen LogP contribution in [0.3, 0.4) is 0 Å². The molecule has 8 N–H and O–H groups in total. The number of thioether (sulfide) groups is 2. The van der Waals surface area contributed by atoms with Crippen molar-refractivity contribution < 1.29 is 68.4 Å². The number of halogens is 10.